The molecule has 26 heavy (non-hydrogen) atoms. The Hall–Kier alpha value is -3.66. The summed E-state index contributed by atoms with van der Waals surface area (Å²) in [5, 5.41) is 15.9. The summed E-state index contributed by atoms with van der Waals surface area (Å²) in [5.41, 5.74) is 1.76. The number of hydrogen-bond acceptors (Lipinski definition) is 5. The van der Waals surface area contributed by atoms with E-state index in [0.29, 0.717) is 17.9 Å². The minimum atomic E-state index is -0.741. The molecule has 0 aliphatic rings. The van der Waals surface area contributed by atoms with Crippen molar-refractivity contribution < 1.29 is 9.53 Å². The summed E-state index contributed by atoms with van der Waals surface area (Å²) >= 11 is 0. The molecule has 1 amide bonds. The number of rotatable bonds is 7. The van der Waals surface area contributed by atoms with Gasteiger partial charge in [-0.3, -0.25) is 4.79 Å². The van der Waals surface area contributed by atoms with Crippen LogP contribution in [-0.4, -0.2) is 20.7 Å². The predicted molar refractivity (Wildman–Crippen MR) is 93.7 cm³/mol. The van der Waals surface area contributed by atoms with Crippen molar-refractivity contribution in [2.45, 2.75) is 19.2 Å². The third-order valence-electron chi connectivity index (χ3n) is 3.67. The van der Waals surface area contributed by atoms with Gasteiger partial charge in [-0.1, -0.05) is 42.5 Å². The minimum Gasteiger partial charge on any atom is -0.489 e. The van der Waals surface area contributed by atoms with Crippen molar-refractivity contribution in [3.8, 4) is 11.8 Å². The number of carbonyl (C=O) groups is 1. The van der Waals surface area contributed by atoms with E-state index in [9.17, 15) is 10.1 Å². The zero-order valence-corrected chi connectivity index (χ0v) is 13.9. The molecule has 1 heterocycles. The second kappa shape index (κ2) is 8.44. The zero-order chi connectivity index (χ0) is 18.2. The van der Waals surface area contributed by atoms with Crippen molar-refractivity contribution in [2.75, 3.05) is 0 Å². The Morgan fingerprint density at radius 1 is 1.19 bits per heavy atom. The molecule has 0 aliphatic heterocycles. The van der Waals surface area contributed by atoms with Crippen LogP contribution in [0.1, 0.15) is 17.2 Å². The maximum atomic E-state index is 12.0. The number of carbonyl (C=O) groups excluding carboxylic acids is 1. The second-order valence-electron chi connectivity index (χ2n) is 5.57. The number of benzene rings is 2. The van der Waals surface area contributed by atoms with E-state index < -0.39 is 6.04 Å². The van der Waals surface area contributed by atoms with Crippen LogP contribution in [0, 0.1) is 11.3 Å². The molecular formula is C19H17N5O2. The van der Waals surface area contributed by atoms with Gasteiger partial charge in [0.05, 0.1) is 6.07 Å². The van der Waals surface area contributed by atoms with E-state index in [2.05, 4.69) is 21.5 Å². The molecule has 1 atom stereocenters. The number of aromatic nitrogens is 3. The molecule has 0 radical (unpaired) electrons. The zero-order valence-electron chi connectivity index (χ0n) is 13.9. The molecule has 1 N–H and O–H groups in total. The van der Waals surface area contributed by atoms with Crippen LogP contribution in [0.15, 0.2) is 67.3 Å². The Morgan fingerprint density at radius 3 is 2.62 bits per heavy atom. The van der Waals surface area contributed by atoms with Gasteiger partial charge in [0.25, 0.3) is 0 Å². The number of amides is 1. The molecule has 0 aliphatic carbocycles. The minimum absolute atomic E-state index is 0.0104. The monoisotopic (exact) mass is 347 g/mol. The molecular weight excluding hydrogens is 330 g/mol. The lowest BCUT2D eigenvalue weighted by Gasteiger charge is -2.13. The Bertz CT molecular complexity index is 871. The van der Waals surface area contributed by atoms with Crippen LogP contribution in [0.25, 0.3) is 0 Å². The highest BCUT2D eigenvalue weighted by molar-refractivity contribution is 5.76. The highest BCUT2D eigenvalue weighted by Crippen LogP contribution is 2.18. The first-order valence-electron chi connectivity index (χ1n) is 8.02. The van der Waals surface area contributed by atoms with Gasteiger partial charge >= 0.3 is 0 Å². The van der Waals surface area contributed by atoms with Gasteiger partial charge in [-0.05, 0) is 23.3 Å². The first kappa shape index (κ1) is 17.2. The quantitative estimate of drug-likeness (QED) is 0.707. The average Bonchev–Trinajstić information content (AvgIpc) is 3.19. The van der Waals surface area contributed by atoms with Crippen LogP contribution in [0.2, 0.25) is 0 Å². The first-order chi connectivity index (χ1) is 12.7. The molecule has 0 bridgehead atoms. The largest absolute Gasteiger partial charge is 0.489 e. The molecule has 130 valence electrons. The van der Waals surface area contributed by atoms with Crippen LogP contribution in [-0.2, 0) is 17.9 Å². The third kappa shape index (κ3) is 4.68. The lowest BCUT2D eigenvalue weighted by molar-refractivity contribution is -0.122. The van der Waals surface area contributed by atoms with Crippen molar-refractivity contribution in [3.05, 3.63) is 78.4 Å². The molecule has 0 spiro atoms. The molecule has 0 saturated carbocycles. The van der Waals surface area contributed by atoms with Gasteiger partial charge in [0, 0.05) is 0 Å². The SMILES string of the molecule is N#CC(NC(=O)Cn1cncn1)c1ccc(OCc2ccccc2)cc1. The number of hydrogen-bond donors (Lipinski definition) is 1. The maximum Gasteiger partial charge on any atom is 0.243 e. The number of ether oxygens (including phenoxy) is 1. The van der Waals surface area contributed by atoms with Crippen molar-refractivity contribution in [1.82, 2.24) is 20.1 Å². The fourth-order valence-electron chi connectivity index (χ4n) is 2.36. The molecule has 7 heteroatoms. The van der Waals surface area contributed by atoms with E-state index in [1.54, 1.807) is 24.3 Å². The van der Waals surface area contributed by atoms with Crippen molar-refractivity contribution in [1.29, 1.82) is 5.26 Å². The first-order valence-corrected chi connectivity index (χ1v) is 8.02. The highest BCUT2D eigenvalue weighted by Gasteiger charge is 2.14. The summed E-state index contributed by atoms with van der Waals surface area (Å²) in [4.78, 5) is 15.8. The standard InChI is InChI=1S/C19H17N5O2/c20-10-18(23-19(25)11-24-14-21-13-22-24)16-6-8-17(9-7-16)26-12-15-4-2-1-3-5-15/h1-9,13-14,18H,11-12H2,(H,23,25). The topological polar surface area (TPSA) is 92.8 Å². The molecule has 0 fully saturated rings. The molecule has 2 aromatic carbocycles. The average molecular weight is 347 g/mol. The summed E-state index contributed by atoms with van der Waals surface area (Å²) < 4.78 is 7.12. The van der Waals surface area contributed by atoms with Crippen LogP contribution < -0.4 is 10.1 Å². The van der Waals surface area contributed by atoms with Gasteiger partial charge in [0.1, 0.15) is 37.6 Å². The van der Waals surface area contributed by atoms with E-state index in [4.69, 9.17) is 4.74 Å². The number of nitrogens with one attached hydrogen (secondary N) is 1. The van der Waals surface area contributed by atoms with Crippen molar-refractivity contribution in [2.24, 2.45) is 0 Å². The summed E-state index contributed by atoms with van der Waals surface area (Å²) in [7, 11) is 0. The van der Waals surface area contributed by atoms with Gasteiger partial charge in [0.15, 0.2) is 0 Å². The van der Waals surface area contributed by atoms with Gasteiger partial charge in [-0.25, -0.2) is 9.67 Å². The van der Waals surface area contributed by atoms with Gasteiger partial charge in [-0.15, -0.1) is 0 Å². The van der Waals surface area contributed by atoms with E-state index in [0.717, 1.165) is 5.56 Å². The maximum absolute atomic E-state index is 12.0. The van der Waals surface area contributed by atoms with Crippen LogP contribution in [0.4, 0.5) is 0 Å². The fraction of sp³-hybridized carbons (Fsp3) is 0.158. The molecule has 1 aromatic heterocycles. The fourth-order valence-corrected chi connectivity index (χ4v) is 2.36. The van der Waals surface area contributed by atoms with E-state index in [1.807, 2.05) is 30.3 Å². The van der Waals surface area contributed by atoms with E-state index in [-0.39, 0.29) is 12.5 Å². The molecule has 3 rings (SSSR count). The normalized spacial score (nSPS) is 11.3. The Kier molecular flexibility index (Phi) is 5.58. The van der Waals surface area contributed by atoms with Crippen LogP contribution in [0.3, 0.4) is 0 Å². The third-order valence-corrected chi connectivity index (χ3v) is 3.67. The number of nitriles is 1. The Morgan fingerprint density at radius 2 is 1.96 bits per heavy atom. The Labute approximate surface area is 150 Å². The molecule has 1 unspecified atom stereocenters. The summed E-state index contributed by atoms with van der Waals surface area (Å²) in [6.07, 6.45) is 2.79. The Balaban J connectivity index is 1.57. The number of nitrogens with zero attached hydrogens (tertiary/aromatic N) is 4. The summed E-state index contributed by atoms with van der Waals surface area (Å²) in [5.74, 6) is 0.384. The van der Waals surface area contributed by atoms with Gasteiger partial charge < -0.3 is 10.1 Å². The van der Waals surface area contributed by atoms with E-state index >= 15 is 0 Å². The lowest BCUT2D eigenvalue weighted by Crippen LogP contribution is -2.31. The van der Waals surface area contributed by atoms with E-state index in [1.165, 1.54) is 17.3 Å². The highest BCUT2D eigenvalue weighted by atomic mass is 16.5. The second-order valence-corrected chi connectivity index (χ2v) is 5.57. The van der Waals surface area contributed by atoms with Crippen LogP contribution in [0.5, 0.6) is 5.75 Å². The van der Waals surface area contributed by atoms with Gasteiger partial charge in [0.2, 0.25) is 5.91 Å². The van der Waals surface area contributed by atoms with Crippen molar-refractivity contribution in [3.63, 3.8) is 0 Å². The molecule has 3 aromatic rings. The van der Waals surface area contributed by atoms with Crippen molar-refractivity contribution >= 4 is 5.91 Å². The van der Waals surface area contributed by atoms with Crippen LogP contribution >= 0.6 is 0 Å². The van der Waals surface area contributed by atoms with Gasteiger partial charge in [-0.2, -0.15) is 10.4 Å². The molecule has 0 saturated heterocycles. The summed E-state index contributed by atoms with van der Waals surface area (Å²) in [6.45, 7) is 0.479. The predicted octanol–water partition coefficient (Wildman–Crippen LogP) is 2.24. The smallest absolute Gasteiger partial charge is 0.243 e. The summed E-state index contributed by atoms with van der Waals surface area (Å²) in [6, 6.07) is 18.3. The molecule has 7 nitrogen and oxygen atoms in total. The lowest BCUT2D eigenvalue weighted by atomic mass is 10.1.